The molecule has 0 spiro atoms. The van der Waals surface area contributed by atoms with E-state index in [4.69, 9.17) is 20.6 Å². The van der Waals surface area contributed by atoms with E-state index >= 15 is 0 Å². The molecule has 0 radical (unpaired) electrons. The molecule has 39 heavy (non-hydrogen) atoms. The van der Waals surface area contributed by atoms with Gasteiger partial charge in [0.25, 0.3) is 11.5 Å². The number of hydrogen-bond acceptors (Lipinski definition) is 6. The fourth-order valence-electron chi connectivity index (χ4n) is 5.02. The second-order valence-corrected chi connectivity index (χ2v) is 9.64. The van der Waals surface area contributed by atoms with E-state index < -0.39 is 11.6 Å². The number of carboxylic acid groups (broad SMARTS) is 1. The smallest absolute Gasteiger partial charge is 0.300 e. The van der Waals surface area contributed by atoms with E-state index in [-0.39, 0.29) is 11.5 Å². The fourth-order valence-corrected chi connectivity index (χ4v) is 5.02. The maximum Gasteiger partial charge on any atom is 0.300 e. The molecule has 1 aliphatic heterocycles. The zero-order valence-electron chi connectivity index (χ0n) is 21.8. The van der Waals surface area contributed by atoms with Crippen LogP contribution in [0, 0.1) is 0 Å². The van der Waals surface area contributed by atoms with Crippen molar-refractivity contribution in [2.45, 2.75) is 32.9 Å². The minimum Gasteiger partial charge on any atom is -0.481 e. The molecule has 0 aliphatic carbocycles. The summed E-state index contributed by atoms with van der Waals surface area (Å²) in [6.45, 7) is 5.16. The summed E-state index contributed by atoms with van der Waals surface area (Å²) in [6, 6.07) is 17.3. The van der Waals surface area contributed by atoms with E-state index in [0.717, 1.165) is 35.5 Å². The summed E-state index contributed by atoms with van der Waals surface area (Å²) in [4.78, 5) is 48.2. The Hall–Kier alpha value is -4.83. The number of benzene rings is 2. The normalized spacial score (nSPS) is 14.0. The Bertz CT molecular complexity index is 1780. The van der Waals surface area contributed by atoms with Crippen LogP contribution in [0.4, 0.5) is 5.69 Å². The number of aromatic amines is 1. The lowest BCUT2D eigenvalue weighted by molar-refractivity contribution is -0.134. The fraction of sp³-hybridized carbons (Fsp3) is 0.207. The van der Waals surface area contributed by atoms with Crippen molar-refractivity contribution in [2.75, 3.05) is 11.4 Å². The van der Waals surface area contributed by atoms with Crippen LogP contribution >= 0.6 is 0 Å². The Morgan fingerprint density at radius 3 is 2.51 bits per heavy atom. The Kier molecular flexibility index (Phi) is 6.49. The maximum absolute atomic E-state index is 13.3. The molecule has 2 aromatic carbocycles. The van der Waals surface area contributed by atoms with Crippen LogP contribution in [0.15, 0.2) is 71.8 Å². The van der Waals surface area contributed by atoms with Gasteiger partial charge < -0.3 is 25.3 Å². The van der Waals surface area contributed by atoms with Gasteiger partial charge in [-0.15, -0.1) is 0 Å². The number of rotatable bonds is 3. The first-order valence-corrected chi connectivity index (χ1v) is 12.4. The van der Waals surface area contributed by atoms with Crippen LogP contribution in [0.1, 0.15) is 32.0 Å². The van der Waals surface area contributed by atoms with Crippen LogP contribution in [0.25, 0.3) is 33.2 Å². The van der Waals surface area contributed by atoms with Crippen LogP contribution < -0.4 is 16.2 Å². The summed E-state index contributed by atoms with van der Waals surface area (Å²) in [5, 5.41) is 8.29. The van der Waals surface area contributed by atoms with Crippen molar-refractivity contribution in [3.8, 4) is 11.3 Å². The molecule has 1 aliphatic rings. The summed E-state index contributed by atoms with van der Waals surface area (Å²) < 4.78 is 1.94. The van der Waals surface area contributed by atoms with Gasteiger partial charge in [-0.2, -0.15) is 0 Å². The minimum absolute atomic E-state index is 0.0134. The molecule has 5 aromatic rings. The molecule has 4 heterocycles. The second-order valence-electron chi connectivity index (χ2n) is 9.64. The number of nitrogens with two attached hydrogens (primary N) is 1. The minimum atomic E-state index is -0.945. The van der Waals surface area contributed by atoms with Crippen molar-refractivity contribution >= 4 is 39.5 Å². The molecule has 1 unspecified atom stereocenters. The number of fused-ring (bicyclic) bond motifs is 3. The van der Waals surface area contributed by atoms with E-state index in [1.165, 1.54) is 0 Å². The largest absolute Gasteiger partial charge is 0.481 e. The monoisotopic (exact) mass is 524 g/mol. The van der Waals surface area contributed by atoms with Crippen LogP contribution in [-0.4, -0.2) is 43.0 Å². The number of nitrogens with zero attached hydrogens (tertiary/aromatic N) is 4. The van der Waals surface area contributed by atoms with E-state index in [1.807, 2.05) is 72.3 Å². The summed E-state index contributed by atoms with van der Waals surface area (Å²) in [5.41, 5.74) is 11.3. The summed E-state index contributed by atoms with van der Waals surface area (Å²) >= 11 is 0. The summed E-state index contributed by atoms with van der Waals surface area (Å²) in [6.07, 6.45) is 4.36. The first-order valence-electron chi connectivity index (χ1n) is 12.4. The van der Waals surface area contributed by atoms with E-state index in [2.05, 4.69) is 9.97 Å². The number of carbonyl (C=O) groups excluding carboxylic acids is 1. The van der Waals surface area contributed by atoms with Gasteiger partial charge >= 0.3 is 0 Å². The van der Waals surface area contributed by atoms with Gasteiger partial charge in [0.1, 0.15) is 11.4 Å². The SMILES string of the molecule is CC(=O)N1CCc2cc3nc(-c4cn(C(C)(N)c5ccccn5)c5ccccc45)c(=O)[nH]c3cc21.CC(=O)O. The van der Waals surface area contributed by atoms with Crippen LogP contribution in [0.3, 0.4) is 0 Å². The highest BCUT2D eigenvalue weighted by atomic mass is 16.4. The Balaban J connectivity index is 0.000000723. The molecule has 0 saturated carbocycles. The number of anilines is 1. The van der Waals surface area contributed by atoms with Gasteiger partial charge in [-0.05, 0) is 49.2 Å². The topological polar surface area (TPSA) is 147 Å². The maximum atomic E-state index is 13.3. The average molecular weight is 525 g/mol. The van der Waals surface area contributed by atoms with Gasteiger partial charge in [-0.3, -0.25) is 19.4 Å². The lowest BCUT2D eigenvalue weighted by Crippen LogP contribution is -2.41. The lowest BCUT2D eigenvalue weighted by atomic mass is 10.1. The number of aliphatic carboxylic acids is 1. The number of amides is 1. The standard InChI is InChI=1S/C27H24N6O2.C2H4O2/c1-16(34)32-12-10-17-13-20-21(14-23(17)32)31-26(35)25(30-20)19-15-33(22-8-4-3-7-18(19)22)27(2,28)24-9-5-6-11-29-24;1-2(3)4/h3-9,11,13-15H,10,12,28H2,1-2H3,(H,31,35);1H3,(H,3,4). The molecule has 4 N–H and O–H groups in total. The van der Waals surface area contributed by atoms with E-state index in [1.54, 1.807) is 18.0 Å². The summed E-state index contributed by atoms with van der Waals surface area (Å²) in [5.74, 6) is -0.847. The van der Waals surface area contributed by atoms with Crippen LogP contribution in [-0.2, 0) is 21.7 Å². The molecule has 10 nitrogen and oxygen atoms in total. The van der Waals surface area contributed by atoms with Crippen LogP contribution in [0.5, 0.6) is 0 Å². The van der Waals surface area contributed by atoms with Crippen molar-refractivity contribution in [1.82, 2.24) is 19.5 Å². The molecule has 10 heteroatoms. The predicted molar refractivity (Wildman–Crippen MR) is 150 cm³/mol. The molecule has 6 rings (SSSR count). The first-order chi connectivity index (χ1) is 18.6. The number of pyridine rings is 1. The molecule has 0 fully saturated rings. The number of aromatic nitrogens is 4. The molecule has 0 bridgehead atoms. The molecule has 1 atom stereocenters. The molecule has 3 aromatic heterocycles. The van der Waals surface area contributed by atoms with Crippen molar-refractivity contribution in [3.63, 3.8) is 0 Å². The zero-order chi connectivity index (χ0) is 27.9. The first kappa shape index (κ1) is 25.8. The van der Waals surface area contributed by atoms with Gasteiger partial charge in [0.2, 0.25) is 5.91 Å². The number of carboxylic acids is 1. The highest BCUT2D eigenvalue weighted by Crippen LogP contribution is 2.35. The quantitative estimate of drug-likeness (QED) is 0.327. The highest BCUT2D eigenvalue weighted by molar-refractivity contribution is 5.98. The number of H-pyrrole nitrogens is 1. The number of para-hydroxylation sites is 1. The van der Waals surface area contributed by atoms with E-state index in [9.17, 15) is 9.59 Å². The van der Waals surface area contributed by atoms with E-state index in [0.29, 0.717) is 34.5 Å². The van der Waals surface area contributed by atoms with Crippen molar-refractivity contribution in [1.29, 1.82) is 0 Å². The number of nitrogens with one attached hydrogen (secondary N) is 1. The third-order valence-electron chi connectivity index (χ3n) is 6.82. The van der Waals surface area contributed by atoms with Gasteiger partial charge in [-0.25, -0.2) is 4.98 Å². The third-order valence-corrected chi connectivity index (χ3v) is 6.82. The molecule has 0 saturated heterocycles. The van der Waals surface area contributed by atoms with Gasteiger partial charge in [0, 0.05) is 49.4 Å². The van der Waals surface area contributed by atoms with Crippen LogP contribution in [0.2, 0.25) is 0 Å². The van der Waals surface area contributed by atoms with Gasteiger partial charge in [-0.1, -0.05) is 24.3 Å². The zero-order valence-corrected chi connectivity index (χ0v) is 21.8. The van der Waals surface area contributed by atoms with Gasteiger partial charge in [0.15, 0.2) is 0 Å². The van der Waals surface area contributed by atoms with Crippen molar-refractivity contribution < 1.29 is 14.7 Å². The molecule has 1 amide bonds. The predicted octanol–water partition coefficient (Wildman–Crippen LogP) is 3.62. The van der Waals surface area contributed by atoms with Gasteiger partial charge in [0.05, 0.1) is 22.2 Å². The van der Waals surface area contributed by atoms with Crippen molar-refractivity contribution in [3.05, 3.63) is 88.6 Å². The number of carbonyl (C=O) groups is 2. The molecule has 198 valence electrons. The van der Waals surface area contributed by atoms with Crippen molar-refractivity contribution in [2.24, 2.45) is 5.73 Å². The number of hydrogen-bond donors (Lipinski definition) is 3. The third kappa shape index (κ3) is 4.66. The Morgan fingerprint density at radius 2 is 1.82 bits per heavy atom. The Morgan fingerprint density at radius 1 is 1.10 bits per heavy atom. The lowest BCUT2D eigenvalue weighted by Gasteiger charge is -2.27. The highest BCUT2D eigenvalue weighted by Gasteiger charge is 2.29. The Labute approximate surface area is 223 Å². The summed E-state index contributed by atoms with van der Waals surface area (Å²) in [7, 11) is 0. The average Bonchev–Trinajstić information content (AvgIpc) is 3.49. The second kappa shape index (κ2) is 9.80. The molecular weight excluding hydrogens is 496 g/mol. The molecular formula is C29H28N6O4.